The summed E-state index contributed by atoms with van der Waals surface area (Å²) in [6, 6.07) is 41.6. The molecule has 0 unspecified atom stereocenters. The summed E-state index contributed by atoms with van der Waals surface area (Å²) in [7, 11) is 0. The van der Waals surface area contributed by atoms with Crippen molar-refractivity contribution >= 4 is 0 Å². The third kappa shape index (κ3) is 2.75. The van der Waals surface area contributed by atoms with Crippen molar-refractivity contribution in [1.29, 1.82) is 0 Å². The van der Waals surface area contributed by atoms with Gasteiger partial charge in [-0.05, 0) is 57.6 Å². The van der Waals surface area contributed by atoms with Crippen LogP contribution in [0.15, 0.2) is 84.9 Å². The molecular formula is C24H14. The maximum absolute atomic E-state index is 3.31. The Kier molecular flexibility index (Phi) is 3.95. The van der Waals surface area contributed by atoms with Crippen molar-refractivity contribution in [2.75, 3.05) is 0 Å². The van der Waals surface area contributed by atoms with Crippen LogP contribution in [0, 0.1) is 24.3 Å². The third-order valence-electron chi connectivity index (χ3n) is 3.98. The zero-order valence-corrected chi connectivity index (χ0v) is 13.1. The van der Waals surface area contributed by atoms with Gasteiger partial charge >= 0.3 is 0 Å². The summed E-state index contributed by atoms with van der Waals surface area (Å²) < 4.78 is 0. The quantitative estimate of drug-likeness (QED) is 0.443. The summed E-state index contributed by atoms with van der Waals surface area (Å²) >= 11 is 0. The largest absolute Gasteiger partial charge is 0.0622 e. The zero-order chi connectivity index (χ0) is 16.2. The lowest BCUT2D eigenvalue weighted by Gasteiger charge is -2.15. The Balaban J connectivity index is 2.02. The zero-order valence-electron chi connectivity index (χ0n) is 13.1. The molecule has 0 heteroatoms. The van der Waals surface area contributed by atoms with Gasteiger partial charge in [-0.25, -0.2) is 0 Å². The highest BCUT2D eigenvalue weighted by atomic mass is 14.2. The summed E-state index contributed by atoms with van der Waals surface area (Å²) in [5.41, 5.74) is 6.43. The molecule has 0 bridgehead atoms. The Morgan fingerprint density at radius 1 is 0.542 bits per heavy atom. The standard InChI is InChI=1S/C24H14/c1-4-11-19(12-5-1)22-17-10-18-23(20-13-6-2-7-14-20)24(22)21-15-8-3-9-16-21/h1-9,11-13,15-16H. The van der Waals surface area contributed by atoms with Gasteiger partial charge in [0.25, 0.3) is 0 Å². The minimum Gasteiger partial charge on any atom is -0.0622 e. The van der Waals surface area contributed by atoms with E-state index in [9.17, 15) is 0 Å². The highest BCUT2D eigenvalue weighted by Gasteiger charge is 2.14. The lowest BCUT2D eigenvalue weighted by atomic mass is 9.88. The fourth-order valence-corrected chi connectivity index (χ4v) is 2.87. The van der Waals surface area contributed by atoms with Gasteiger partial charge in [-0.3, -0.25) is 0 Å². The summed E-state index contributed by atoms with van der Waals surface area (Å²) in [5, 5.41) is 0. The summed E-state index contributed by atoms with van der Waals surface area (Å²) in [4.78, 5) is 0. The molecule has 0 atom stereocenters. The molecule has 24 heavy (non-hydrogen) atoms. The number of benzene rings is 4. The average Bonchev–Trinajstić information content (AvgIpc) is 2.69. The van der Waals surface area contributed by atoms with Crippen molar-refractivity contribution in [3.8, 4) is 33.4 Å². The lowest BCUT2D eigenvalue weighted by molar-refractivity contribution is 1.53. The molecule has 0 aromatic heterocycles. The predicted molar refractivity (Wildman–Crippen MR) is 98.1 cm³/mol. The monoisotopic (exact) mass is 302 g/mol. The molecule has 110 valence electrons. The number of hydrogen-bond donors (Lipinski definition) is 0. The van der Waals surface area contributed by atoms with Crippen LogP contribution in [0.2, 0.25) is 0 Å². The van der Waals surface area contributed by atoms with Crippen LogP contribution in [0.3, 0.4) is 0 Å². The van der Waals surface area contributed by atoms with Gasteiger partial charge in [0, 0.05) is 0 Å². The molecule has 0 heterocycles. The molecule has 0 fully saturated rings. The fourth-order valence-electron chi connectivity index (χ4n) is 2.87. The minimum absolute atomic E-state index is 0.999. The van der Waals surface area contributed by atoms with Crippen molar-refractivity contribution in [3.63, 3.8) is 0 Å². The SMILES string of the molecule is [c]1[c]c(-c2[c]cccc2)c(-c2ccccc2)c(-c2ccccc2)[c]1. The molecule has 4 aromatic rings. The normalized spacial score (nSPS) is 10.5. The van der Waals surface area contributed by atoms with E-state index in [2.05, 4.69) is 66.7 Å². The number of hydrogen-bond acceptors (Lipinski definition) is 0. The second-order valence-corrected chi connectivity index (χ2v) is 5.51. The molecule has 0 nitrogen and oxygen atoms in total. The lowest BCUT2D eigenvalue weighted by Crippen LogP contribution is -1.91. The van der Waals surface area contributed by atoms with Gasteiger partial charge in [0.2, 0.25) is 0 Å². The van der Waals surface area contributed by atoms with Crippen LogP contribution in [-0.4, -0.2) is 0 Å². The van der Waals surface area contributed by atoms with Gasteiger partial charge in [-0.2, -0.15) is 0 Å². The van der Waals surface area contributed by atoms with Crippen molar-refractivity contribution in [1.82, 2.24) is 0 Å². The van der Waals surface area contributed by atoms with E-state index in [-0.39, 0.29) is 0 Å². The van der Waals surface area contributed by atoms with Crippen molar-refractivity contribution in [3.05, 3.63) is 109 Å². The fraction of sp³-hybridized carbons (Fsp3) is 0. The maximum atomic E-state index is 3.31. The van der Waals surface area contributed by atoms with E-state index in [1.807, 2.05) is 42.5 Å². The van der Waals surface area contributed by atoms with Gasteiger partial charge in [0.15, 0.2) is 0 Å². The van der Waals surface area contributed by atoms with Gasteiger partial charge in [0.1, 0.15) is 0 Å². The summed E-state index contributed by atoms with van der Waals surface area (Å²) in [6.07, 6.45) is 0. The van der Waals surface area contributed by atoms with Crippen LogP contribution >= 0.6 is 0 Å². The number of rotatable bonds is 3. The smallest absolute Gasteiger partial charge is 0.00000115 e. The van der Waals surface area contributed by atoms with Crippen LogP contribution in [0.5, 0.6) is 0 Å². The molecular weight excluding hydrogens is 288 g/mol. The van der Waals surface area contributed by atoms with E-state index in [4.69, 9.17) is 0 Å². The first-order valence-corrected chi connectivity index (χ1v) is 7.90. The molecule has 0 saturated heterocycles. The van der Waals surface area contributed by atoms with Crippen LogP contribution in [0.1, 0.15) is 0 Å². The molecule has 0 aliphatic carbocycles. The van der Waals surface area contributed by atoms with E-state index < -0.39 is 0 Å². The second-order valence-electron chi connectivity index (χ2n) is 5.51. The first-order chi connectivity index (χ1) is 11.9. The Labute approximate surface area is 143 Å². The minimum atomic E-state index is 0.999. The van der Waals surface area contributed by atoms with Gasteiger partial charge in [-0.1, -0.05) is 84.9 Å². The highest BCUT2D eigenvalue weighted by molar-refractivity contribution is 5.93. The molecule has 4 rings (SSSR count). The van der Waals surface area contributed by atoms with Gasteiger partial charge < -0.3 is 0 Å². The predicted octanol–water partition coefficient (Wildman–Crippen LogP) is 5.89. The second kappa shape index (κ2) is 6.55. The Morgan fingerprint density at radius 3 is 1.83 bits per heavy atom. The summed E-state index contributed by atoms with van der Waals surface area (Å²) in [6.45, 7) is 0. The van der Waals surface area contributed by atoms with Crippen LogP contribution in [0.25, 0.3) is 33.4 Å². The van der Waals surface area contributed by atoms with Crippen molar-refractivity contribution in [2.45, 2.75) is 0 Å². The van der Waals surface area contributed by atoms with Crippen LogP contribution < -0.4 is 0 Å². The van der Waals surface area contributed by atoms with Crippen LogP contribution in [0.4, 0.5) is 0 Å². The Bertz CT molecular complexity index is 866. The maximum Gasteiger partial charge on any atom is -0.00000115 e. The van der Waals surface area contributed by atoms with E-state index in [0.29, 0.717) is 0 Å². The molecule has 0 saturated carbocycles. The van der Waals surface area contributed by atoms with Crippen molar-refractivity contribution in [2.24, 2.45) is 0 Å². The molecule has 4 aromatic carbocycles. The Hall–Kier alpha value is -3.12. The molecule has 0 spiro atoms. The topological polar surface area (TPSA) is 0 Å². The van der Waals surface area contributed by atoms with E-state index in [1.165, 1.54) is 0 Å². The van der Waals surface area contributed by atoms with Crippen molar-refractivity contribution < 1.29 is 0 Å². The molecule has 0 amide bonds. The van der Waals surface area contributed by atoms with E-state index >= 15 is 0 Å². The molecule has 4 radical (unpaired) electrons. The average molecular weight is 302 g/mol. The first kappa shape index (κ1) is 14.5. The van der Waals surface area contributed by atoms with E-state index in [1.54, 1.807) is 0 Å². The van der Waals surface area contributed by atoms with Gasteiger partial charge in [-0.15, -0.1) is 0 Å². The van der Waals surface area contributed by atoms with E-state index in [0.717, 1.165) is 33.4 Å². The molecule has 0 aliphatic heterocycles. The first-order valence-electron chi connectivity index (χ1n) is 7.90. The third-order valence-corrected chi connectivity index (χ3v) is 3.98. The van der Waals surface area contributed by atoms with Gasteiger partial charge in [0.05, 0.1) is 0 Å². The molecule has 0 aliphatic rings. The highest BCUT2D eigenvalue weighted by Crippen LogP contribution is 2.38. The van der Waals surface area contributed by atoms with Crippen LogP contribution in [-0.2, 0) is 0 Å². The summed E-state index contributed by atoms with van der Waals surface area (Å²) in [5.74, 6) is 0. The molecule has 0 N–H and O–H groups in total. The Morgan fingerprint density at radius 2 is 1.17 bits per heavy atom.